The molecule has 2 rings (SSSR count). The van der Waals surface area contributed by atoms with Gasteiger partial charge < -0.3 is 15.2 Å². The second kappa shape index (κ2) is 5.59. The fraction of sp³-hybridized carbons (Fsp3) is 0.462. The van der Waals surface area contributed by atoms with Gasteiger partial charge in [0.1, 0.15) is 5.75 Å². The van der Waals surface area contributed by atoms with Gasteiger partial charge >= 0.3 is 5.97 Å². The van der Waals surface area contributed by atoms with Crippen LogP contribution in [0, 0.1) is 0 Å². The number of halogens is 1. The van der Waals surface area contributed by atoms with E-state index in [1.54, 1.807) is 18.2 Å². The lowest BCUT2D eigenvalue weighted by Gasteiger charge is -2.15. The zero-order chi connectivity index (χ0) is 13.1. The maximum atomic E-state index is 10.8. The molecule has 0 saturated heterocycles. The third-order valence-electron chi connectivity index (χ3n) is 2.83. The number of hydrogen-bond donors (Lipinski definition) is 2. The lowest BCUT2D eigenvalue weighted by atomic mass is 10.2. The zero-order valence-corrected chi connectivity index (χ0v) is 10.9. The summed E-state index contributed by atoms with van der Waals surface area (Å²) in [7, 11) is 0. The fourth-order valence-corrected chi connectivity index (χ4v) is 1.78. The van der Waals surface area contributed by atoms with Crippen molar-refractivity contribution in [2.24, 2.45) is 0 Å². The van der Waals surface area contributed by atoms with Crippen LogP contribution in [0.2, 0.25) is 5.02 Å². The number of carboxylic acid groups (broad SMARTS) is 1. The molecule has 0 radical (unpaired) electrons. The highest BCUT2D eigenvalue weighted by atomic mass is 35.5. The Morgan fingerprint density at radius 1 is 1.61 bits per heavy atom. The lowest BCUT2D eigenvalue weighted by molar-refractivity contribution is -0.144. The van der Waals surface area contributed by atoms with E-state index in [4.69, 9.17) is 21.4 Å². The number of aliphatic carboxylic acids is 1. The van der Waals surface area contributed by atoms with Gasteiger partial charge in [-0.3, -0.25) is 0 Å². The van der Waals surface area contributed by atoms with E-state index in [1.807, 2.05) is 0 Å². The number of ether oxygens (including phenoxy) is 1. The highest BCUT2D eigenvalue weighted by molar-refractivity contribution is 6.30. The molecule has 0 amide bonds. The van der Waals surface area contributed by atoms with Crippen LogP contribution in [0.25, 0.3) is 0 Å². The molecule has 98 valence electrons. The van der Waals surface area contributed by atoms with Crippen LogP contribution >= 0.6 is 11.6 Å². The maximum absolute atomic E-state index is 10.8. The van der Waals surface area contributed by atoms with Crippen LogP contribution in [0.4, 0.5) is 0 Å². The molecule has 18 heavy (non-hydrogen) atoms. The number of rotatable bonds is 6. The molecule has 0 bridgehead atoms. The Bertz CT molecular complexity index is 446. The molecule has 2 N–H and O–H groups in total. The predicted molar refractivity (Wildman–Crippen MR) is 69.0 cm³/mol. The Morgan fingerprint density at radius 2 is 2.33 bits per heavy atom. The normalized spacial score (nSPS) is 16.3. The maximum Gasteiger partial charge on any atom is 0.344 e. The first-order valence-electron chi connectivity index (χ1n) is 5.97. The first-order valence-corrected chi connectivity index (χ1v) is 6.35. The Kier molecular flexibility index (Phi) is 4.09. The molecule has 1 aromatic rings. The van der Waals surface area contributed by atoms with E-state index >= 15 is 0 Å². The van der Waals surface area contributed by atoms with Crippen LogP contribution in [0.15, 0.2) is 18.2 Å². The quantitative estimate of drug-likeness (QED) is 0.833. The van der Waals surface area contributed by atoms with E-state index in [0.29, 0.717) is 23.4 Å². The summed E-state index contributed by atoms with van der Waals surface area (Å²) >= 11 is 5.95. The average molecular weight is 270 g/mol. The van der Waals surface area contributed by atoms with Crippen molar-refractivity contribution >= 4 is 17.6 Å². The molecule has 1 aliphatic rings. The largest absolute Gasteiger partial charge is 0.479 e. The van der Waals surface area contributed by atoms with Crippen molar-refractivity contribution in [3.63, 3.8) is 0 Å². The van der Waals surface area contributed by atoms with E-state index in [1.165, 1.54) is 19.8 Å². The Balaban J connectivity index is 2.08. The van der Waals surface area contributed by atoms with Crippen LogP contribution in [-0.2, 0) is 11.3 Å². The van der Waals surface area contributed by atoms with Crippen molar-refractivity contribution in [2.45, 2.75) is 38.5 Å². The average Bonchev–Trinajstić information content (AvgIpc) is 3.13. The minimum Gasteiger partial charge on any atom is -0.479 e. The van der Waals surface area contributed by atoms with Crippen LogP contribution in [0.5, 0.6) is 5.75 Å². The number of carboxylic acids is 1. The van der Waals surface area contributed by atoms with Gasteiger partial charge in [-0.1, -0.05) is 11.6 Å². The Morgan fingerprint density at radius 3 is 2.94 bits per heavy atom. The number of nitrogens with one attached hydrogen (secondary N) is 1. The highest BCUT2D eigenvalue weighted by Crippen LogP contribution is 2.26. The SMILES string of the molecule is CC(Oc1ccc(Cl)cc1CNC1CC1)C(=O)O. The smallest absolute Gasteiger partial charge is 0.344 e. The molecular weight excluding hydrogens is 254 g/mol. The molecule has 4 nitrogen and oxygen atoms in total. The molecule has 0 spiro atoms. The first-order chi connectivity index (χ1) is 8.56. The molecule has 0 aliphatic heterocycles. The molecule has 1 aliphatic carbocycles. The lowest BCUT2D eigenvalue weighted by Crippen LogP contribution is -2.24. The first kappa shape index (κ1) is 13.2. The Labute approximate surface area is 111 Å². The number of hydrogen-bond acceptors (Lipinski definition) is 3. The second-order valence-electron chi connectivity index (χ2n) is 4.51. The molecule has 1 fully saturated rings. The predicted octanol–water partition coefficient (Wildman–Crippen LogP) is 2.44. The molecule has 1 aromatic carbocycles. The van der Waals surface area contributed by atoms with E-state index in [0.717, 1.165) is 5.56 Å². The Hall–Kier alpha value is -1.26. The van der Waals surface area contributed by atoms with Crippen molar-refractivity contribution in [3.05, 3.63) is 28.8 Å². The molecule has 0 heterocycles. The van der Waals surface area contributed by atoms with Gasteiger partial charge in [0, 0.05) is 23.2 Å². The zero-order valence-electron chi connectivity index (χ0n) is 10.1. The summed E-state index contributed by atoms with van der Waals surface area (Å²) in [6.45, 7) is 2.15. The monoisotopic (exact) mass is 269 g/mol. The van der Waals surface area contributed by atoms with Crippen molar-refractivity contribution < 1.29 is 14.6 Å². The van der Waals surface area contributed by atoms with E-state index in [9.17, 15) is 4.79 Å². The fourth-order valence-electron chi connectivity index (χ4n) is 1.58. The van der Waals surface area contributed by atoms with Crippen molar-refractivity contribution in [2.75, 3.05) is 0 Å². The molecule has 1 unspecified atom stereocenters. The van der Waals surface area contributed by atoms with Crippen LogP contribution in [-0.4, -0.2) is 23.2 Å². The molecule has 1 atom stereocenters. The summed E-state index contributed by atoms with van der Waals surface area (Å²) in [6.07, 6.45) is 1.52. The molecule has 5 heteroatoms. The van der Waals surface area contributed by atoms with Gasteiger partial charge in [-0.15, -0.1) is 0 Å². The van der Waals surface area contributed by atoms with E-state index < -0.39 is 12.1 Å². The van der Waals surface area contributed by atoms with Gasteiger partial charge in [-0.05, 0) is 38.0 Å². The van der Waals surface area contributed by atoms with Gasteiger partial charge in [0.2, 0.25) is 0 Å². The van der Waals surface area contributed by atoms with Gasteiger partial charge in [-0.2, -0.15) is 0 Å². The van der Waals surface area contributed by atoms with Crippen molar-refractivity contribution in [1.29, 1.82) is 0 Å². The summed E-state index contributed by atoms with van der Waals surface area (Å²) < 4.78 is 5.42. The van der Waals surface area contributed by atoms with E-state index in [-0.39, 0.29) is 0 Å². The van der Waals surface area contributed by atoms with Gasteiger partial charge in [0.05, 0.1) is 0 Å². The summed E-state index contributed by atoms with van der Waals surface area (Å²) in [5, 5.41) is 12.8. The topological polar surface area (TPSA) is 58.6 Å². The van der Waals surface area contributed by atoms with E-state index in [2.05, 4.69) is 5.32 Å². The summed E-state index contributed by atoms with van der Waals surface area (Å²) in [5.74, 6) is -0.409. The summed E-state index contributed by atoms with van der Waals surface area (Å²) in [4.78, 5) is 10.8. The van der Waals surface area contributed by atoms with Gasteiger partial charge in [0.15, 0.2) is 6.10 Å². The minimum atomic E-state index is -0.981. The number of benzene rings is 1. The highest BCUT2D eigenvalue weighted by Gasteiger charge is 2.21. The molecule has 1 saturated carbocycles. The minimum absolute atomic E-state index is 0.572. The van der Waals surface area contributed by atoms with Gasteiger partial charge in [0.25, 0.3) is 0 Å². The van der Waals surface area contributed by atoms with Crippen molar-refractivity contribution in [3.8, 4) is 5.75 Å². The third-order valence-corrected chi connectivity index (χ3v) is 3.07. The molecule has 0 aromatic heterocycles. The van der Waals surface area contributed by atoms with Crippen LogP contribution in [0.1, 0.15) is 25.3 Å². The standard InChI is InChI=1S/C13H16ClNO3/c1-8(13(16)17)18-12-5-2-10(14)6-9(12)7-15-11-3-4-11/h2,5-6,8,11,15H,3-4,7H2,1H3,(H,16,17). The number of carbonyl (C=O) groups is 1. The van der Waals surface area contributed by atoms with Crippen LogP contribution in [0.3, 0.4) is 0 Å². The summed E-state index contributed by atoms with van der Waals surface area (Å²) in [6, 6.07) is 5.80. The third kappa shape index (κ3) is 3.62. The molecular formula is C13H16ClNO3. The van der Waals surface area contributed by atoms with Crippen molar-refractivity contribution in [1.82, 2.24) is 5.32 Å². The van der Waals surface area contributed by atoms with Gasteiger partial charge in [-0.25, -0.2) is 4.79 Å². The second-order valence-corrected chi connectivity index (χ2v) is 4.94. The summed E-state index contributed by atoms with van der Waals surface area (Å²) in [5.41, 5.74) is 0.891. The van der Waals surface area contributed by atoms with Crippen LogP contribution < -0.4 is 10.1 Å².